The van der Waals surface area contributed by atoms with Gasteiger partial charge in [-0.05, 0) is 49.8 Å². The number of amides is 1. The molecule has 2 fully saturated rings. The van der Waals surface area contributed by atoms with Crippen LogP contribution in [0.5, 0.6) is 0 Å². The molecule has 0 N–H and O–H groups in total. The third kappa shape index (κ3) is 5.41. The van der Waals surface area contributed by atoms with E-state index < -0.39 is 0 Å². The molecule has 1 saturated heterocycles. The van der Waals surface area contributed by atoms with E-state index in [0.717, 1.165) is 24.7 Å². The van der Waals surface area contributed by atoms with Gasteiger partial charge in [-0.2, -0.15) is 0 Å². The summed E-state index contributed by atoms with van der Waals surface area (Å²) in [4.78, 5) is 21.6. The fourth-order valence-corrected chi connectivity index (χ4v) is 4.55. The third-order valence-electron chi connectivity index (χ3n) is 5.89. The van der Waals surface area contributed by atoms with E-state index >= 15 is 0 Å². The lowest BCUT2D eigenvalue weighted by atomic mass is 9.90. The summed E-state index contributed by atoms with van der Waals surface area (Å²) in [6.45, 7) is 7.64. The highest BCUT2D eigenvalue weighted by molar-refractivity contribution is 5.77. The topological polar surface area (TPSA) is 36.4 Å². The van der Waals surface area contributed by atoms with Crippen LogP contribution >= 0.6 is 0 Å². The van der Waals surface area contributed by atoms with Gasteiger partial charge in [-0.1, -0.05) is 31.4 Å². The lowest BCUT2D eigenvalue weighted by Gasteiger charge is -2.41. The van der Waals surface area contributed by atoms with Crippen LogP contribution in [-0.4, -0.2) is 46.4 Å². The zero-order chi connectivity index (χ0) is 18.2. The number of pyridine rings is 1. The number of carbonyl (C=O) groups excluding carboxylic acids is 1. The third-order valence-corrected chi connectivity index (χ3v) is 5.89. The predicted octanol–water partition coefficient (Wildman–Crippen LogP) is 4.03. The molecule has 1 aliphatic heterocycles. The summed E-state index contributed by atoms with van der Waals surface area (Å²) in [6.07, 6.45) is 15.2. The minimum atomic E-state index is 0.179. The number of carbonyl (C=O) groups is 1. The molecule has 142 valence electrons. The average Bonchev–Trinajstić information content (AvgIpc) is 2.69. The van der Waals surface area contributed by atoms with Crippen LogP contribution in [-0.2, 0) is 11.3 Å². The van der Waals surface area contributed by atoms with E-state index in [0.29, 0.717) is 18.9 Å². The number of likely N-dealkylation sites (tertiary alicyclic amines) is 1. The number of hydrogen-bond acceptors (Lipinski definition) is 3. The van der Waals surface area contributed by atoms with Crippen LogP contribution in [0.4, 0.5) is 0 Å². The SMILES string of the molecule is C=CCC(=O)N(Cc1cccnc1)CC1CCCN(C2CCCCC2)C1. The van der Waals surface area contributed by atoms with E-state index in [1.807, 2.05) is 17.2 Å². The predicted molar refractivity (Wildman–Crippen MR) is 106 cm³/mol. The van der Waals surface area contributed by atoms with Gasteiger partial charge in [-0.25, -0.2) is 0 Å². The van der Waals surface area contributed by atoms with Gasteiger partial charge in [-0.15, -0.1) is 6.58 Å². The van der Waals surface area contributed by atoms with E-state index in [1.54, 1.807) is 12.3 Å². The highest BCUT2D eigenvalue weighted by Gasteiger charge is 2.28. The zero-order valence-corrected chi connectivity index (χ0v) is 16.0. The highest BCUT2D eigenvalue weighted by atomic mass is 16.2. The van der Waals surface area contributed by atoms with Crippen LogP contribution in [0.25, 0.3) is 0 Å². The Morgan fingerprint density at radius 1 is 1.27 bits per heavy atom. The van der Waals surface area contributed by atoms with Crippen LogP contribution in [0.3, 0.4) is 0 Å². The van der Waals surface area contributed by atoms with Gasteiger partial charge in [0.25, 0.3) is 0 Å². The molecule has 2 aliphatic rings. The van der Waals surface area contributed by atoms with Crippen molar-refractivity contribution in [2.75, 3.05) is 19.6 Å². The molecule has 4 heteroatoms. The van der Waals surface area contributed by atoms with Crippen molar-refractivity contribution in [2.45, 2.75) is 64.0 Å². The molecule has 0 spiro atoms. The van der Waals surface area contributed by atoms with Crippen molar-refractivity contribution in [2.24, 2.45) is 5.92 Å². The molecule has 4 nitrogen and oxygen atoms in total. The molecule has 26 heavy (non-hydrogen) atoms. The van der Waals surface area contributed by atoms with Crippen molar-refractivity contribution in [1.82, 2.24) is 14.8 Å². The standard InChI is InChI=1S/C22H33N3O/c1-2-8-22(26)25(16-19-9-6-13-23-15-19)18-20-10-7-14-24(17-20)21-11-4-3-5-12-21/h2,6,9,13,15,20-21H,1,3-5,7-8,10-12,14,16-18H2. The average molecular weight is 356 g/mol. The van der Waals surface area contributed by atoms with Gasteiger partial charge in [0.05, 0.1) is 0 Å². The van der Waals surface area contributed by atoms with Crippen molar-refractivity contribution in [3.8, 4) is 0 Å². The van der Waals surface area contributed by atoms with Crippen molar-refractivity contribution >= 4 is 5.91 Å². The minimum absolute atomic E-state index is 0.179. The molecule has 1 aromatic rings. The van der Waals surface area contributed by atoms with Crippen molar-refractivity contribution in [3.05, 3.63) is 42.7 Å². The zero-order valence-electron chi connectivity index (χ0n) is 16.0. The summed E-state index contributed by atoms with van der Waals surface area (Å²) in [7, 11) is 0. The van der Waals surface area contributed by atoms with Crippen LogP contribution in [0.15, 0.2) is 37.2 Å². The van der Waals surface area contributed by atoms with E-state index in [2.05, 4.69) is 22.5 Å². The monoisotopic (exact) mass is 355 g/mol. The first kappa shape index (κ1) is 19.1. The van der Waals surface area contributed by atoms with Crippen molar-refractivity contribution < 1.29 is 4.79 Å². The fraction of sp³-hybridized carbons (Fsp3) is 0.636. The van der Waals surface area contributed by atoms with Gasteiger partial charge in [0, 0.05) is 44.5 Å². The lowest BCUT2D eigenvalue weighted by Crippen LogP contribution is -2.47. The Kier molecular flexibility index (Phi) is 7.24. The first-order chi connectivity index (χ1) is 12.8. The van der Waals surface area contributed by atoms with Crippen LogP contribution < -0.4 is 0 Å². The van der Waals surface area contributed by atoms with Crippen LogP contribution in [0.1, 0.15) is 56.9 Å². The molecule has 2 heterocycles. The lowest BCUT2D eigenvalue weighted by molar-refractivity contribution is -0.131. The smallest absolute Gasteiger partial charge is 0.226 e. The number of aromatic nitrogens is 1. The quantitative estimate of drug-likeness (QED) is 0.693. The van der Waals surface area contributed by atoms with E-state index in [-0.39, 0.29) is 5.91 Å². The van der Waals surface area contributed by atoms with E-state index in [4.69, 9.17) is 0 Å². The highest BCUT2D eigenvalue weighted by Crippen LogP contribution is 2.27. The molecule has 1 unspecified atom stereocenters. The maximum Gasteiger partial charge on any atom is 0.226 e. The maximum atomic E-state index is 12.6. The van der Waals surface area contributed by atoms with E-state index in [9.17, 15) is 4.79 Å². The molecular formula is C22H33N3O. The molecule has 1 aromatic heterocycles. The number of piperidine rings is 1. The molecule has 1 saturated carbocycles. The van der Waals surface area contributed by atoms with Crippen molar-refractivity contribution in [1.29, 1.82) is 0 Å². The first-order valence-corrected chi connectivity index (χ1v) is 10.3. The van der Waals surface area contributed by atoms with Gasteiger partial charge in [0.2, 0.25) is 5.91 Å². The summed E-state index contributed by atoms with van der Waals surface area (Å²) < 4.78 is 0. The van der Waals surface area contributed by atoms with Crippen LogP contribution in [0.2, 0.25) is 0 Å². The Balaban J connectivity index is 1.61. The molecule has 0 bridgehead atoms. The van der Waals surface area contributed by atoms with Gasteiger partial charge in [0.1, 0.15) is 0 Å². The molecule has 0 aromatic carbocycles. The van der Waals surface area contributed by atoms with Gasteiger partial charge < -0.3 is 9.80 Å². The summed E-state index contributed by atoms with van der Waals surface area (Å²) in [5.41, 5.74) is 1.10. The van der Waals surface area contributed by atoms with Gasteiger partial charge in [-0.3, -0.25) is 9.78 Å². The first-order valence-electron chi connectivity index (χ1n) is 10.3. The Labute approximate surface area is 158 Å². The fourth-order valence-electron chi connectivity index (χ4n) is 4.55. The summed E-state index contributed by atoms with van der Waals surface area (Å²) in [6, 6.07) is 4.77. The summed E-state index contributed by atoms with van der Waals surface area (Å²) >= 11 is 0. The molecule has 1 amide bonds. The maximum absolute atomic E-state index is 12.6. The second kappa shape index (κ2) is 9.86. The second-order valence-electron chi connectivity index (χ2n) is 7.92. The Morgan fingerprint density at radius 2 is 2.12 bits per heavy atom. The Morgan fingerprint density at radius 3 is 2.85 bits per heavy atom. The van der Waals surface area contributed by atoms with Crippen LogP contribution in [0, 0.1) is 5.92 Å². The summed E-state index contributed by atoms with van der Waals surface area (Å²) in [5.74, 6) is 0.759. The van der Waals surface area contributed by atoms with E-state index in [1.165, 1.54) is 51.5 Å². The number of rotatable bonds is 7. The molecule has 1 atom stereocenters. The molecule has 1 aliphatic carbocycles. The van der Waals surface area contributed by atoms with Gasteiger partial charge in [0.15, 0.2) is 0 Å². The number of nitrogens with zero attached hydrogens (tertiary/aromatic N) is 3. The minimum Gasteiger partial charge on any atom is -0.338 e. The molecular weight excluding hydrogens is 322 g/mol. The second-order valence-corrected chi connectivity index (χ2v) is 7.92. The largest absolute Gasteiger partial charge is 0.338 e. The van der Waals surface area contributed by atoms with Gasteiger partial charge >= 0.3 is 0 Å². The Hall–Kier alpha value is -1.68. The molecule has 0 radical (unpaired) electrons. The van der Waals surface area contributed by atoms with Crippen molar-refractivity contribution in [3.63, 3.8) is 0 Å². The normalized spacial score (nSPS) is 22.1. The number of hydrogen-bond donors (Lipinski definition) is 0. The summed E-state index contributed by atoms with van der Waals surface area (Å²) in [5, 5.41) is 0. The molecule has 3 rings (SSSR count). The Bertz CT molecular complexity index is 568.